The lowest BCUT2D eigenvalue weighted by atomic mass is 10.1. The molecule has 0 unspecified atom stereocenters. The molecule has 1 amide bonds. The molecule has 0 radical (unpaired) electrons. The first-order valence-electron chi connectivity index (χ1n) is 5.03. The van der Waals surface area contributed by atoms with Crippen LogP contribution in [0.5, 0.6) is 5.75 Å². The van der Waals surface area contributed by atoms with E-state index in [9.17, 15) is 4.79 Å². The molecule has 0 spiro atoms. The number of thioether (sulfide) groups is 1. The molecule has 88 valence electrons. The van der Waals surface area contributed by atoms with Crippen molar-refractivity contribution in [3.63, 3.8) is 0 Å². The average Bonchev–Trinajstić information content (AvgIpc) is 2.60. The Morgan fingerprint density at radius 2 is 2.24 bits per heavy atom. The number of benzene rings is 1. The highest BCUT2D eigenvalue weighted by atomic mass is 32.2. The summed E-state index contributed by atoms with van der Waals surface area (Å²) in [4.78, 5) is 15.6. The van der Waals surface area contributed by atoms with E-state index >= 15 is 0 Å². The average molecular weight is 248 g/mol. The molecule has 1 heterocycles. The minimum Gasteiger partial charge on any atom is -0.497 e. The van der Waals surface area contributed by atoms with Gasteiger partial charge in [0.1, 0.15) is 5.75 Å². The molecular formula is C12H12N2O2S. The predicted molar refractivity (Wildman–Crippen MR) is 69.9 cm³/mol. The summed E-state index contributed by atoms with van der Waals surface area (Å²) in [6, 6.07) is 5.68. The number of aryl methyl sites for hydroxylation is 1. The van der Waals surface area contributed by atoms with E-state index in [1.807, 2.05) is 25.1 Å². The maximum absolute atomic E-state index is 11.4. The maximum Gasteiger partial charge on any atom is 0.286 e. The van der Waals surface area contributed by atoms with Crippen molar-refractivity contribution in [2.24, 2.45) is 10.7 Å². The van der Waals surface area contributed by atoms with Gasteiger partial charge in [0.15, 0.2) is 5.17 Å². The largest absolute Gasteiger partial charge is 0.497 e. The lowest BCUT2D eigenvalue weighted by Crippen LogP contribution is -2.01. The fraction of sp³-hybridized carbons (Fsp3) is 0.167. The second kappa shape index (κ2) is 4.63. The van der Waals surface area contributed by atoms with E-state index in [4.69, 9.17) is 10.5 Å². The summed E-state index contributed by atoms with van der Waals surface area (Å²) in [6.07, 6.45) is 1.80. The molecule has 17 heavy (non-hydrogen) atoms. The molecule has 1 aromatic carbocycles. The molecule has 1 aromatic rings. The van der Waals surface area contributed by atoms with E-state index in [-0.39, 0.29) is 5.91 Å². The van der Waals surface area contributed by atoms with Crippen LogP contribution in [0.4, 0.5) is 0 Å². The van der Waals surface area contributed by atoms with Crippen LogP contribution < -0.4 is 10.5 Å². The zero-order valence-corrected chi connectivity index (χ0v) is 10.4. The van der Waals surface area contributed by atoms with Gasteiger partial charge in [-0.1, -0.05) is 6.07 Å². The fourth-order valence-electron chi connectivity index (χ4n) is 1.50. The van der Waals surface area contributed by atoms with Gasteiger partial charge >= 0.3 is 0 Å². The molecule has 0 aliphatic carbocycles. The van der Waals surface area contributed by atoms with Crippen molar-refractivity contribution in [3.8, 4) is 5.75 Å². The molecule has 2 N–H and O–H groups in total. The topological polar surface area (TPSA) is 64.7 Å². The number of amides is 1. The van der Waals surface area contributed by atoms with Crippen LogP contribution in [0.1, 0.15) is 11.1 Å². The lowest BCUT2D eigenvalue weighted by Gasteiger charge is -2.04. The third kappa shape index (κ3) is 2.50. The number of rotatable bonds is 2. The Morgan fingerprint density at radius 1 is 1.47 bits per heavy atom. The molecule has 0 aromatic heterocycles. The molecule has 4 nitrogen and oxygen atoms in total. The SMILES string of the molecule is COc1ccc(C=C2SC(N)=NC2=O)c(C)c1. The number of ether oxygens (including phenoxy) is 1. The number of nitrogens with two attached hydrogens (primary N) is 1. The van der Waals surface area contributed by atoms with Gasteiger partial charge in [0, 0.05) is 0 Å². The first kappa shape index (κ1) is 11.7. The maximum atomic E-state index is 11.4. The minimum absolute atomic E-state index is 0.275. The van der Waals surface area contributed by atoms with Gasteiger partial charge in [-0.3, -0.25) is 4.79 Å². The van der Waals surface area contributed by atoms with Gasteiger partial charge in [-0.25, -0.2) is 0 Å². The van der Waals surface area contributed by atoms with E-state index in [1.165, 1.54) is 11.8 Å². The Kier molecular flexibility index (Phi) is 3.19. The first-order valence-corrected chi connectivity index (χ1v) is 5.84. The Bertz CT molecular complexity index is 535. The third-order valence-corrected chi connectivity index (χ3v) is 3.21. The Balaban J connectivity index is 2.31. The molecule has 0 fully saturated rings. The van der Waals surface area contributed by atoms with Gasteiger partial charge in [0.05, 0.1) is 12.0 Å². The molecule has 0 atom stereocenters. The Labute approximate surface area is 104 Å². The molecular weight excluding hydrogens is 236 g/mol. The van der Waals surface area contributed by atoms with Crippen LogP contribution in [0.15, 0.2) is 28.1 Å². The standard InChI is InChI=1S/C12H12N2O2S/c1-7-5-9(16-2)4-3-8(7)6-10-11(15)14-12(13)17-10/h3-6H,1-2H3,(H2,13,14,15). The van der Waals surface area contributed by atoms with Gasteiger partial charge < -0.3 is 10.5 Å². The molecule has 0 bridgehead atoms. The highest BCUT2D eigenvalue weighted by molar-refractivity contribution is 8.18. The number of hydrogen-bond acceptors (Lipinski definition) is 4. The first-order chi connectivity index (χ1) is 8.10. The van der Waals surface area contributed by atoms with Crippen molar-refractivity contribution in [3.05, 3.63) is 34.2 Å². The van der Waals surface area contributed by atoms with Crippen molar-refractivity contribution in [1.82, 2.24) is 0 Å². The van der Waals surface area contributed by atoms with Gasteiger partial charge in [-0.15, -0.1) is 0 Å². The van der Waals surface area contributed by atoms with Gasteiger partial charge in [0.25, 0.3) is 5.91 Å². The van der Waals surface area contributed by atoms with Crippen LogP contribution in [-0.4, -0.2) is 18.2 Å². The van der Waals surface area contributed by atoms with Crippen molar-refractivity contribution in [2.75, 3.05) is 7.11 Å². The van der Waals surface area contributed by atoms with Gasteiger partial charge in [0.2, 0.25) is 0 Å². The third-order valence-electron chi connectivity index (χ3n) is 2.40. The number of carbonyl (C=O) groups is 1. The number of aliphatic imine (C=N–C) groups is 1. The summed E-state index contributed by atoms with van der Waals surface area (Å²) in [5.41, 5.74) is 7.49. The summed E-state index contributed by atoms with van der Waals surface area (Å²) in [6.45, 7) is 1.96. The predicted octanol–water partition coefficient (Wildman–Crippen LogP) is 1.93. The van der Waals surface area contributed by atoms with Crippen LogP contribution >= 0.6 is 11.8 Å². The number of carbonyl (C=O) groups excluding carboxylic acids is 1. The van der Waals surface area contributed by atoms with E-state index in [1.54, 1.807) is 13.2 Å². The molecule has 1 aliphatic rings. The Morgan fingerprint density at radius 3 is 2.76 bits per heavy atom. The van der Waals surface area contributed by atoms with Crippen molar-refractivity contribution >= 4 is 28.9 Å². The van der Waals surface area contributed by atoms with E-state index in [0.717, 1.165) is 16.9 Å². The zero-order chi connectivity index (χ0) is 12.4. The zero-order valence-electron chi connectivity index (χ0n) is 9.56. The van der Waals surface area contributed by atoms with Gasteiger partial charge in [-0.2, -0.15) is 4.99 Å². The molecule has 0 saturated carbocycles. The highest BCUT2D eigenvalue weighted by Gasteiger charge is 2.19. The summed E-state index contributed by atoms with van der Waals surface area (Å²) in [5, 5.41) is 0.299. The smallest absolute Gasteiger partial charge is 0.286 e. The van der Waals surface area contributed by atoms with E-state index in [2.05, 4.69) is 4.99 Å². The van der Waals surface area contributed by atoms with Crippen molar-refractivity contribution in [2.45, 2.75) is 6.92 Å². The normalized spacial score (nSPS) is 17.4. The minimum atomic E-state index is -0.275. The summed E-state index contributed by atoms with van der Waals surface area (Å²) in [7, 11) is 1.62. The number of nitrogens with zero attached hydrogens (tertiary/aromatic N) is 1. The van der Waals surface area contributed by atoms with Crippen LogP contribution in [0.2, 0.25) is 0 Å². The second-order valence-corrected chi connectivity index (χ2v) is 4.65. The molecule has 2 rings (SSSR count). The van der Waals surface area contributed by atoms with Crippen LogP contribution in [0.3, 0.4) is 0 Å². The number of hydrogen-bond donors (Lipinski definition) is 1. The lowest BCUT2D eigenvalue weighted by molar-refractivity contribution is -0.113. The van der Waals surface area contributed by atoms with Crippen LogP contribution in [0, 0.1) is 6.92 Å². The second-order valence-electron chi connectivity index (χ2n) is 3.59. The fourth-order valence-corrected chi connectivity index (χ4v) is 2.18. The van der Waals surface area contributed by atoms with E-state index < -0.39 is 0 Å². The number of amidine groups is 1. The molecule has 5 heteroatoms. The van der Waals surface area contributed by atoms with Gasteiger partial charge in [-0.05, 0) is 48.0 Å². The summed E-state index contributed by atoms with van der Waals surface area (Å²) >= 11 is 1.20. The highest BCUT2D eigenvalue weighted by Crippen LogP contribution is 2.28. The van der Waals surface area contributed by atoms with E-state index in [0.29, 0.717) is 10.1 Å². The molecule has 1 aliphatic heterocycles. The summed E-state index contributed by atoms with van der Waals surface area (Å²) in [5.74, 6) is 0.522. The Hall–Kier alpha value is -1.75. The van der Waals surface area contributed by atoms with Crippen LogP contribution in [0.25, 0.3) is 6.08 Å². The number of methoxy groups -OCH3 is 1. The summed E-state index contributed by atoms with van der Waals surface area (Å²) < 4.78 is 5.12. The van der Waals surface area contributed by atoms with Crippen molar-refractivity contribution < 1.29 is 9.53 Å². The van der Waals surface area contributed by atoms with Crippen molar-refractivity contribution in [1.29, 1.82) is 0 Å². The van der Waals surface area contributed by atoms with Crippen LogP contribution in [-0.2, 0) is 4.79 Å². The molecule has 0 saturated heterocycles. The quantitative estimate of drug-likeness (QED) is 0.812. The monoisotopic (exact) mass is 248 g/mol.